The number of likely N-dealkylation sites (N-methyl/N-ethyl adjacent to an activating group) is 2. The molecule has 2 aromatic carbocycles. The summed E-state index contributed by atoms with van der Waals surface area (Å²) in [5.41, 5.74) is 3.67. The molecule has 1 N–H and O–H groups in total. The predicted molar refractivity (Wildman–Crippen MR) is 117 cm³/mol. The molecule has 6 nitrogen and oxygen atoms in total. The van der Waals surface area contributed by atoms with E-state index in [2.05, 4.69) is 5.32 Å². The van der Waals surface area contributed by atoms with Crippen LogP contribution in [0.15, 0.2) is 36.4 Å². The van der Waals surface area contributed by atoms with E-state index >= 15 is 0 Å². The molecule has 2 amide bonds. The Labute approximate surface area is 177 Å². The van der Waals surface area contributed by atoms with Crippen molar-refractivity contribution in [2.45, 2.75) is 20.4 Å². The smallest absolute Gasteiger partial charge is 0.243 e. The maximum Gasteiger partial charge on any atom is 0.243 e. The van der Waals surface area contributed by atoms with Gasteiger partial charge in [0.1, 0.15) is 5.75 Å². The van der Waals surface area contributed by atoms with E-state index in [4.69, 9.17) is 16.3 Å². The standard InChI is InChI=1S/C22H28ClN3O3/c1-15-7-6-8-16(2)22(15)24-20(27)13-26(4)21(28)14-25(3)12-17-11-18(23)9-10-19(17)29-5/h6-11H,12-14H2,1-5H3,(H,24,27). The van der Waals surface area contributed by atoms with Gasteiger partial charge in [-0.3, -0.25) is 14.5 Å². The number of hydrogen-bond acceptors (Lipinski definition) is 4. The van der Waals surface area contributed by atoms with Crippen LogP contribution in [0.1, 0.15) is 16.7 Å². The van der Waals surface area contributed by atoms with Gasteiger partial charge in [0.15, 0.2) is 0 Å². The highest BCUT2D eigenvalue weighted by Crippen LogP contribution is 2.23. The van der Waals surface area contributed by atoms with E-state index in [0.717, 1.165) is 28.1 Å². The van der Waals surface area contributed by atoms with Crippen LogP contribution in [0.25, 0.3) is 0 Å². The molecule has 0 atom stereocenters. The van der Waals surface area contributed by atoms with Crippen LogP contribution in [0.2, 0.25) is 5.02 Å². The molecule has 0 bridgehead atoms. The first kappa shape index (κ1) is 22.7. The molecule has 0 saturated heterocycles. The van der Waals surface area contributed by atoms with Gasteiger partial charge in [-0.15, -0.1) is 0 Å². The van der Waals surface area contributed by atoms with E-state index in [-0.39, 0.29) is 24.9 Å². The summed E-state index contributed by atoms with van der Waals surface area (Å²) in [6.45, 7) is 4.54. The van der Waals surface area contributed by atoms with Crippen LogP contribution in [-0.4, -0.2) is 55.9 Å². The summed E-state index contributed by atoms with van der Waals surface area (Å²) in [6, 6.07) is 11.2. The molecule has 2 rings (SSSR count). The molecule has 0 aliphatic heterocycles. The highest BCUT2D eigenvalue weighted by Gasteiger charge is 2.17. The second-order valence-corrected chi connectivity index (χ2v) is 7.63. The normalized spacial score (nSPS) is 10.7. The lowest BCUT2D eigenvalue weighted by molar-refractivity contribution is -0.134. The number of methoxy groups -OCH3 is 1. The van der Waals surface area contributed by atoms with Crippen LogP contribution >= 0.6 is 11.6 Å². The second-order valence-electron chi connectivity index (χ2n) is 7.19. The molecule has 29 heavy (non-hydrogen) atoms. The Morgan fingerprint density at radius 3 is 2.34 bits per heavy atom. The summed E-state index contributed by atoms with van der Waals surface area (Å²) in [7, 11) is 5.06. The lowest BCUT2D eigenvalue weighted by atomic mass is 10.1. The zero-order valence-corrected chi connectivity index (χ0v) is 18.3. The number of nitrogens with zero attached hydrogens (tertiary/aromatic N) is 2. The number of amides is 2. The van der Waals surface area contributed by atoms with Crippen LogP contribution in [-0.2, 0) is 16.1 Å². The number of carbonyl (C=O) groups is 2. The van der Waals surface area contributed by atoms with Crippen molar-refractivity contribution in [2.75, 3.05) is 39.6 Å². The molecule has 156 valence electrons. The molecule has 0 saturated carbocycles. The first-order valence-electron chi connectivity index (χ1n) is 9.32. The molecule has 0 aliphatic rings. The quantitative estimate of drug-likeness (QED) is 0.714. The summed E-state index contributed by atoms with van der Waals surface area (Å²) < 4.78 is 5.35. The zero-order chi connectivity index (χ0) is 21.6. The van der Waals surface area contributed by atoms with E-state index in [1.54, 1.807) is 26.3 Å². The predicted octanol–water partition coefficient (Wildman–Crippen LogP) is 3.49. The average molecular weight is 418 g/mol. The Bertz CT molecular complexity index is 865. The van der Waals surface area contributed by atoms with Gasteiger partial charge in [-0.2, -0.15) is 0 Å². The molecule has 2 aromatic rings. The largest absolute Gasteiger partial charge is 0.496 e. The molecule has 0 fully saturated rings. The zero-order valence-electron chi connectivity index (χ0n) is 17.6. The number of benzene rings is 2. The molecule has 0 radical (unpaired) electrons. The molecule has 0 unspecified atom stereocenters. The summed E-state index contributed by atoms with van der Waals surface area (Å²) in [6.07, 6.45) is 0. The number of carbonyl (C=O) groups excluding carboxylic acids is 2. The molecule has 7 heteroatoms. The SMILES string of the molecule is COc1ccc(Cl)cc1CN(C)CC(=O)N(C)CC(=O)Nc1c(C)cccc1C. The van der Waals surface area contributed by atoms with Crippen molar-refractivity contribution in [3.05, 3.63) is 58.1 Å². The van der Waals surface area contributed by atoms with E-state index in [0.29, 0.717) is 11.6 Å². The maximum absolute atomic E-state index is 12.5. The minimum Gasteiger partial charge on any atom is -0.496 e. The van der Waals surface area contributed by atoms with Crippen molar-refractivity contribution in [1.29, 1.82) is 0 Å². The van der Waals surface area contributed by atoms with Crippen LogP contribution in [0, 0.1) is 13.8 Å². The summed E-state index contributed by atoms with van der Waals surface area (Å²) in [4.78, 5) is 28.2. The Balaban J connectivity index is 1.91. The number of ether oxygens (including phenoxy) is 1. The van der Waals surface area contributed by atoms with Crippen LogP contribution < -0.4 is 10.1 Å². The van der Waals surface area contributed by atoms with Gasteiger partial charge in [-0.25, -0.2) is 0 Å². The molecule has 0 aliphatic carbocycles. The van der Waals surface area contributed by atoms with E-state index < -0.39 is 0 Å². The number of rotatable bonds is 8. The number of para-hydroxylation sites is 1. The number of nitrogens with one attached hydrogen (secondary N) is 1. The first-order chi connectivity index (χ1) is 13.7. The van der Waals surface area contributed by atoms with Gasteiger partial charge in [0.2, 0.25) is 11.8 Å². The van der Waals surface area contributed by atoms with Gasteiger partial charge in [0.25, 0.3) is 0 Å². The second kappa shape index (κ2) is 10.3. The third-order valence-electron chi connectivity index (χ3n) is 4.64. The summed E-state index contributed by atoms with van der Waals surface area (Å²) in [5, 5.41) is 3.51. The Kier molecular flexibility index (Phi) is 8.05. The molecular weight excluding hydrogens is 390 g/mol. The van der Waals surface area contributed by atoms with Crippen molar-refractivity contribution in [1.82, 2.24) is 9.80 Å². The average Bonchev–Trinajstić information content (AvgIpc) is 2.65. The van der Waals surface area contributed by atoms with Gasteiger partial charge >= 0.3 is 0 Å². The van der Waals surface area contributed by atoms with E-state index in [1.165, 1.54) is 4.90 Å². The van der Waals surface area contributed by atoms with Gasteiger partial charge in [-0.05, 0) is 50.2 Å². The minimum absolute atomic E-state index is 0.0130. The van der Waals surface area contributed by atoms with Crippen molar-refractivity contribution < 1.29 is 14.3 Å². The number of anilines is 1. The van der Waals surface area contributed by atoms with Crippen LogP contribution in [0.5, 0.6) is 5.75 Å². The Hall–Kier alpha value is -2.57. The van der Waals surface area contributed by atoms with Crippen LogP contribution in [0.3, 0.4) is 0 Å². The van der Waals surface area contributed by atoms with Gasteiger partial charge in [0, 0.05) is 29.9 Å². The van der Waals surface area contributed by atoms with Crippen LogP contribution in [0.4, 0.5) is 5.69 Å². The van der Waals surface area contributed by atoms with E-state index in [9.17, 15) is 9.59 Å². The fraction of sp³-hybridized carbons (Fsp3) is 0.364. The monoisotopic (exact) mass is 417 g/mol. The minimum atomic E-state index is -0.225. The topological polar surface area (TPSA) is 61.9 Å². The van der Waals surface area contributed by atoms with Crippen molar-refractivity contribution in [3.63, 3.8) is 0 Å². The lowest BCUT2D eigenvalue weighted by Crippen LogP contribution is -2.40. The van der Waals surface area contributed by atoms with Crippen molar-refractivity contribution in [2.24, 2.45) is 0 Å². The van der Waals surface area contributed by atoms with Gasteiger partial charge in [0.05, 0.1) is 20.2 Å². The van der Waals surface area contributed by atoms with Gasteiger partial charge in [-0.1, -0.05) is 29.8 Å². The first-order valence-corrected chi connectivity index (χ1v) is 9.70. The molecule has 0 heterocycles. The Morgan fingerprint density at radius 2 is 1.72 bits per heavy atom. The number of hydrogen-bond donors (Lipinski definition) is 1. The number of halogens is 1. The highest BCUT2D eigenvalue weighted by atomic mass is 35.5. The summed E-state index contributed by atoms with van der Waals surface area (Å²) >= 11 is 6.07. The fourth-order valence-corrected chi connectivity index (χ4v) is 3.26. The summed E-state index contributed by atoms with van der Waals surface area (Å²) in [5.74, 6) is 0.345. The highest BCUT2D eigenvalue weighted by molar-refractivity contribution is 6.30. The lowest BCUT2D eigenvalue weighted by Gasteiger charge is -2.22. The third-order valence-corrected chi connectivity index (χ3v) is 4.88. The fourth-order valence-electron chi connectivity index (χ4n) is 3.06. The molecular formula is C22H28ClN3O3. The molecule has 0 aromatic heterocycles. The van der Waals surface area contributed by atoms with Crippen molar-refractivity contribution in [3.8, 4) is 5.75 Å². The van der Waals surface area contributed by atoms with E-state index in [1.807, 2.05) is 50.1 Å². The Morgan fingerprint density at radius 1 is 1.07 bits per heavy atom. The number of aryl methyl sites for hydroxylation is 2. The van der Waals surface area contributed by atoms with Crippen molar-refractivity contribution >= 4 is 29.1 Å². The third kappa shape index (κ3) is 6.48. The van der Waals surface area contributed by atoms with Gasteiger partial charge < -0.3 is 15.0 Å². The molecule has 0 spiro atoms. The maximum atomic E-state index is 12.5.